The van der Waals surface area contributed by atoms with E-state index in [1.807, 2.05) is 0 Å². The van der Waals surface area contributed by atoms with Gasteiger partial charge in [-0.25, -0.2) is 0 Å². The van der Waals surface area contributed by atoms with Gasteiger partial charge in [0.15, 0.2) is 0 Å². The van der Waals surface area contributed by atoms with Crippen molar-refractivity contribution in [3.05, 3.63) is 0 Å². The van der Waals surface area contributed by atoms with Crippen LogP contribution in [-0.4, -0.2) is 29.6 Å². The predicted octanol–water partition coefficient (Wildman–Crippen LogP) is -0.486. The van der Waals surface area contributed by atoms with Gasteiger partial charge >= 0.3 is 47.0 Å². The summed E-state index contributed by atoms with van der Waals surface area (Å²) in [5.74, 6) is -0.443. The summed E-state index contributed by atoms with van der Waals surface area (Å²) in [5.41, 5.74) is 0. The molecular formula is C2H3BiO3. The van der Waals surface area contributed by atoms with E-state index in [4.69, 9.17) is 0 Å². The van der Waals surface area contributed by atoms with Gasteiger partial charge < -0.3 is 0 Å². The molecule has 0 heterocycles. The molecule has 0 saturated carbocycles. The molecule has 0 aromatic carbocycles. The maximum absolute atomic E-state index is 9.67. The van der Waals surface area contributed by atoms with Crippen LogP contribution in [-0.2, 0) is 10.4 Å². The zero-order chi connectivity index (χ0) is 4.99. The van der Waals surface area contributed by atoms with Crippen molar-refractivity contribution >= 4 is 29.6 Å². The summed E-state index contributed by atoms with van der Waals surface area (Å²) in [6.07, 6.45) is 0. The number of hydrogen-bond acceptors (Lipinski definition) is 3. The van der Waals surface area contributed by atoms with Gasteiger partial charge in [-0.1, -0.05) is 0 Å². The fraction of sp³-hybridized carbons (Fsp3) is 0.500. The molecule has 3 nitrogen and oxygen atoms in total. The van der Waals surface area contributed by atoms with E-state index in [1.54, 1.807) is 0 Å². The van der Waals surface area contributed by atoms with Crippen LogP contribution in [0.2, 0.25) is 0 Å². The van der Waals surface area contributed by atoms with Gasteiger partial charge in [0.25, 0.3) is 0 Å². The van der Waals surface area contributed by atoms with Gasteiger partial charge in [0.05, 0.1) is 0 Å². The Morgan fingerprint density at radius 2 is 2.33 bits per heavy atom. The van der Waals surface area contributed by atoms with Gasteiger partial charge in [0.2, 0.25) is 0 Å². The molecule has 0 aliphatic carbocycles. The molecule has 4 heteroatoms. The predicted molar refractivity (Wildman–Crippen MR) is 18.2 cm³/mol. The molecule has 0 unspecified atom stereocenters. The van der Waals surface area contributed by atoms with E-state index < -0.39 is 29.6 Å². The van der Waals surface area contributed by atoms with Gasteiger partial charge in [0, 0.05) is 0 Å². The second-order valence-electron chi connectivity index (χ2n) is 0.657. The van der Waals surface area contributed by atoms with Crippen molar-refractivity contribution in [2.75, 3.05) is 0 Å². The summed E-state index contributed by atoms with van der Waals surface area (Å²) in [5, 5.41) is 0. The number of rotatable bonds is 1. The summed E-state index contributed by atoms with van der Waals surface area (Å²) in [6, 6.07) is 0. The summed E-state index contributed by atoms with van der Waals surface area (Å²) >= 11 is -2.02. The fourth-order valence-electron chi connectivity index (χ4n) is 0.0525. The third-order valence-electron chi connectivity index (χ3n) is 0.166. The van der Waals surface area contributed by atoms with Gasteiger partial charge in [0.1, 0.15) is 0 Å². The van der Waals surface area contributed by atoms with E-state index in [9.17, 15) is 7.61 Å². The molecular weight excluding hydrogens is 281 g/mol. The Kier molecular flexibility index (Phi) is 3.43. The summed E-state index contributed by atoms with van der Waals surface area (Å²) in [7, 11) is 0. The second-order valence-corrected chi connectivity index (χ2v) is 1.95. The number of hydrogen-bond donors (Lipinski definition) is 0. The van der Waals surface area contributed by atoms with Crippen molar-refractivity contribution in [2.45, 2.75) is 6.92 Å². The molecule has 0 atom stereocenters. The number of carbonyl (C=O) groups is 1. The Morgan fingerprint density at radius 3 is 2.33 bits per heavy atom. The van der Waals surface area contributed by atoms with Crippen molar-refractivity contribution in [2.24, 2.45) is 0 Å². The third-order valence-corrected chi connectivity index (χ3v) is 1.46. The van der Waals surface area contributed by atoms with Crippen LogP contribution in [0.5, 0.6) is 0 Å². The maximum atomic E-state index is 9.67. The van der Waals surface area contributed by atoms with E-state index in [0.29, 0.717) is 0 Å². The average molecular weight is 284 g/mol. The molecule has 0 aliphatic rings. The van der Waals surface area contributed by atoms with Crippen LogP contribution >= 0.6 is 0 Å². The minimum absolute atomic E-state index is 0.443. The Hall–Kier alpha value is 0.153. The van der Waals surface area contributed by atoms with Gasteiger partial charge in [-0.3, -0.25) is 0 Å². The molecule has 0 radical (unpaired) electrons. The average Bonchev–Trinajstić information content (AvgIpc) is 1.35. The molecule has 0 rings (SSSR count). The monoisotopic (exact) mass is 284 g/mol. The Labute approximate surface area is 47.3 Å². The first-order valence-electron chi connectivity index (χ1n) is 1.27. The molecule has 0 fully saturated rings. The first-order valence-corrected chi connectivity index (χ1v) is 4.11. The Morgan fingerprint density at radius 1 is 1.83 bits per heavy atom. The zero-order valence-electron chi connectivity index (χ0n) is 3.17. The van der Waals surface area contributed by atoms with Crippen LogP contribution in [0.25, 0.3) is 0 Å². The fourth-order valence-corrected chi connectivity index (χ4v) is 0.461. The molecule has 34 valence electrons. The van der Waals surface area contributed by atoms with Crippen LogP contribution in [0.1, 0.15) is 6.92 Å². The van der Waals surface area contributed by atoms with E-state index in [-0.39, 0.29) is 0 Å². The van der Waals surface area contributed by atoms with Gasteiger partial charge in [-0.2, -0.15) is 0 Å². The summed E-state index contributed by atoms with van der Waals surface area (Å²) in [6.45, 7) is 1.24. The van der Waals surface area contributed by atoms with Crippen molar-refractivity contribution in [1.82, 2.24) is 0 Å². The van der Waals surface area contributed by atoms with E-state index in [0.717, 1.165) is 0 Å². The molecule has 0 aromatic heterocycles. The normalized spacial score (nSPS) is 6.83. The Balaban J connectivity index is 3.05. The topological polar surface area (TPSA) is 43.4 Å². The quantitative estimate of drug-likeness (QED) is 0.611. The van der Waals surface area contributed by atoms with Gasteiger partial charge in [-0.15, -0.1) is 0 Å². The van der Waals surface area contributed by atoms with Crippen molar-refractivity contribution < 1.29 is 10.4 Å². The SMILES string of the molecule is CC(=O)[O][Bi]=[O]. The molecule has 0 spiro atoms. The van der Waals surface area contributed by atoms with Crippen LogP contribution in [0.4, 0.5) is 0 Å². The van der Waals surface area contributed by atoms with Crippen molar-refractivity contribution in [3.63, 3.8) is 0 Å². The van der Waals surface area contributed by atoms with E-state index in [2.05, 4.69) is 2.81 Å². The summed E-state index contributed by atoms with van der Waals surface area (Å²) < 4.78 is 13.5. The molecule has 6 heavy (non-hydrogen) atoms. The molecule has 0 bridgehead atoms. The van der Waals surface area contributed by atoms with Crippen molar-refractivity contribution in [1.29, 1.82) is 0 Å². The molecule has 0 amide bonds. The molecule has 0 aliphatic heterocycles. The first-order chi connectivity index (χ1) is 2.77. The third kappa shape index (κ3) is 4.15. The van der Waals surface area contributed by atoms with Crippen LogP contribution in [0, 0.1) is 0 Å². The first kappa shape index (κ1) is 6.15. The van der Waals surface area contributed by atoms with E-state index in [1.165, 1.54) is 6.92 Å². The zero-order valence-corrected chi connectivity index (χ0v) is 6.65. The van der Waals surface area contributed by atoms with Crippen LogP contribution in [0.3, 0.4) is 0 Å². The Bertz CT molecular complexity index is 69.2. The number of carbonyl (C=O) groups excluding carboxylic acids is 1. The second kappa shape index (κ2) is 3.35. The molecule has 0 aromatic rings. The summed E-state index contributed by atoms with van der Waals surface area (Å²) in [4.78, 5) is 9.67. The van der Waals surface area contributed by atoms with Crippen LogP contribution < -0.4 is 0 Å². The minimum atomic E-state index is -2.02. The van der Waals surface area contributed by atoms with Crippen LogP contribution in [0.15, 0.2) is 0 Å². The standard InChI is InChI=1S/C2H4O2.Bi.O/c1-2(3)4;;/h1H3,(H,3,4);;/q;+1;/p-1. The van der Waals surface area contributed by atoms with E-state index >= 15 is 0 Å². The molecule has 0 saturated heterocycles. The molecule has 0 N–H and O–H groups in total. The van der Waals surface area contributed by atoms with Crippen molar-refractivity contribution in [3.8, 4) is 0 Å². The van der Waals surface area contributed by atoms with Gasteiger partial charge in [-0.05, 0) is 0 Å².